The standard InChI is InChI=1S/C30H35BrClN3O5S/c1-5-21(3)33-30(37)22(4)34(19-23-7-9-24(31)10-8-23)29(36)20-35(26-13-15-27(16-14-26)40-6-2)41(38,39)28-17-11-25(32)12-18-28/h7-18,21-22H,5-6,19-20H2,1-4H3,(H,33,37). The van der Waals surface area contributed by atoms with Gasteiger partial charge in [-0.15, -0.1) is 0 Å². The average molecular weight is 665 g/mol. The number of amides is 2. The molecule has 0 radical (unpaired) electrons. The van der Waals surface area contributed by atoms with Gasteiger partial charge in [0, 0.05) is 22.1 Å². The number of nitrogens with one attached hydrogen (secondary N) is 1. The Labute approximate surface area is 255 Å². The first-order chi connectivity index (χ1) is 19.5. The van der Waals surface area contributed by atoms with Crippen LogP contribution in [0.15, 0.2) is 82.2 Å². The number of rotatable bonds is 13. The number of hydrogen-bond acceptors (Lipinski definition) is 5. The maximum absolute atomic E-state index is 14.0. The summed E-state index contributed by atoms with van der Waals surface area (Å²) in [5.74, 6) is -0.289. The molecule has 220 valence electrons. The zero-order valence-electron chi connectivity index (χ0n) is 23.5. The number of halogens is 2. The maximum Gasteiger partial charge on any atom is 0.264 e. The lowest BCUT2D eigenvalue weighted by atomic mass is 10.1. The Kier molecular flexibility index (Phi) is 11.6. The first kappa shape index (κ1) is 32.4. The van der Waals surface area contributed by atoms with E-state index in [1.54, 1.807) is 31.2 Å². The van der Waals surface area contributed by atoms with Crippen molar-refractivity contribution in [2.45, 2.75) is 57.6 Å². The summed E-state index contributed by atoms with van der Waals surface area (Å²) in [6.45, 7) is 7.36. The van der Waals surface area contributed by atoms with E-state index < -0.39 is 28.5 Å². The van der Waals surface area contributed by atoms with Crippen LogP contribution in [0.3, 0.4) is 0 Å². The molecule has 1 N–H and O–H groups in total. The van der Waals surface area contributed by atoms with Crippen LogP contribution >= 0.6 is 27.5 Å². The molecule has 0 fully saturated rings. The third kappa shape index (κ3) is 8.70. The number of sulfonamides is 1. The topological polar surface area (TPSA) is 96.0 Å². The van der Waals surface area contributed by atoms with E-state index in [2.05, 4.69) is 21.2 Å². The molecule has 3 rings (SSSR count). The van der Waals surface area contributed by atoms with E-state index in [4.69, 9.17) is 16.3 Å². The van der Waals surface area contributed by atoms with Crippen molar-refractivity contribution in [1.29, 1.82) is 0 Å². The summed E-state index contributed by atoms with van der Waals surface area (Å²) in [5.41, 5.74) is 1.06. The summed E-state index contributed by atoms with van der Waals surface area (Å²) in [4.78, 5) is 28.5. The van der Waals surface area contributed by atoms with Crippen LogP contribution in [0.2, 0.25) is 5.02 Å². The molecule has 3 aromatic rings. The molecule has 2 unspecified atom stereocenters. The Morgan fingerprint density at radius 1 is 0.951 bits per heavy atom. The van der Waals surface area contributed by atoms with Gasteiger partial charge in [0.25, 0.3) is 10.0 Å². The number of anilines is 1. The molecule has 0 bridgehead atoms. The van der Waals surface area contributed by atoms with Crippen LogP contribution in [-0.2, 0) is 26.2 Å². The first-order valence-corrected chi connectivity index (χ1v) is 15.9. The summed E-state index contributed by atoms with van der Waals surface area (Å²) in [6, 6.07) is 18.7. The molecule has 11 heteroatoms. The second kappa shape index (κ2) is 14.7. The van der Waals surface area contributed by atoms with Crippen molar-refractivity contribution in [3.05, 3.63) is 87.9 Å². The minimum Gasteiger partial charge on any atom is -0.494 e. The number of nitrogens with zero attached hydrogens (tertiary/aromatic N) is 2. The highest BCUT2D eigenvalue weighted by Crippen LogP contribution is 2.27. The van der Waals surface area contributed by atoms with Gasteiger partial charge in [0.1, 0.15) is 18.3 Å². The molecule has 0 saturated heterocycles. The van der Waals surface area contributed by atoms with E-state index in [1.165, 1.54) is 29.2 Å². The van der Waals surface area contributed by atoms with Crippen molar-refractivity contribution in [2.75, 3.05) is 17.5 Å². The molecule has 0 heterocycles. The molecule has 2 atom stereocenters. The lowest BCUT2D eigenvalue weighted by Crippen LogP contribution is -2.52. The van der Waals surface area contributed by atoms with E-state index in [0.717, 1.165) is 20.8 Å². The highest BCUT2D eigenvalue weighted by atomic mass is 79.9. The van der Waals surface area contributed by atoms with Crippen LogP contribution in [0.5, 0.6) is 5.75 Å². The van der Waals surface area contributed by atoms with E-state index in [9.17, 15) is 18.0 Å². The van der Waals surface area contributed by atoms with Gasteiger partial charge in [0.05, 0.1) is 17.2 Å². The zero-order valence-corrected chi connectivity index (χ0v) is 26.7. The molecule has 0 aliphatic rings. The van der Waals surface area contributed by atoms with Crippen molar-refractivity contribution < 1.29 is 22.7 Å². The molecule has 0 aromatic heterocycles. The lowest BCUT2D eigenvalue weighted by Gasteiger charge is -2.32. The second-order valence-electron chi connectivity index (χ2n) is 9.53. The third-order valence-corrected chi connectivity index (χ3v) is 9.12. The normalized spacial score (nSPS) is 12.7. The largest absolute Gasteiger partial charge is 0.494 e. The Morgan fingerprint density at radius 3 is 2.12 bits per heavy atom. The van der Waals surface area contributed by atoms with Crippen molar-refractivity contribution in [3.8, 4) is 5.75 Å². The summed E-state index contributed by atoms with van der Waals surface area (Å²) in [5, 5.41) is 3.31. The molecule has 0 saturated carbocycles. The third-order valence-electron chi connectivity index (χ3n) is 6.55. The highest BCUT2D eigenvalue weighted by molar-refractivity contribution is 9.10. The number of carbonyl (C=O) groups excluding carboxylic acids is 2. The number of benzene rings is 3. The van der Waals surface area contributed by atoms with Crippen molar-refractivity contribution in [1.82, 2.24) is 10.2 Å². The first-order valence-electron chi connectivity index (χ1n) is 13.3. The second-order valence-corrected chi connectivity index (χ2v) is 12.7. The quantitative estimate of drug-likeness (QED) is 0.241. The summed E-state index contributed by atoms with van der Waals surface area (Å²) < 4.78 is 35.2. The fraction of sp³-hybridized carbons (Fsp3) is 0.333. The van der Waals surface area contributed by atoms with Gasteiger partial charge in [-0.1, -0.05) is 46.6 Å². The van der Waals surface area contributed by atoms with E-state index in [-0.39, 0.29) is 29.1 Å². The molecular weight excluding hydrogens is 630 g/mol. The molecule has 41 heavy (non-hydrogen) atoms. The van der Waals surface area contributed by atoms with Crippen molar-refractivity contribution in [3.63, 3.8) is 0 Å². The molecule has 0 aliphatic heterocycles. The van der Waals surface area contributed by atoms with Crippen LogP contribution in [0, 0.1) is 0 Å². The minimum absolute atomic E-state index is 0.0226. The summed E-state index contributed by atoms with van der Waals surface area (Å²) in [6.07, 6.45) is 0.726. The van der Waals surface area contributed by atoms with Gasteiger partial charge in [0.15, 0.2) is 0 Å². The van der Waals surface area contributed by atoms with Gasteiger partial charge in [-0.2, -0.15) is 0 Å². The minimum atomic E-state index is -4.19. The Morgan fingerprint density at radius 2 is 1.56 bits per heavy atom. The van der Waals surface area contributed by atoms with Gasteiger partial charge in [0.2, 0.25) is 11.8 Å². The van der Waals surface area contributed by atoms with Crippen molar-refractivity contribution >= 4 is 55.1 Å². The van der Waals surface area contributed by atoms with Gasteiger partial charge in [-0.05, 0) is 93.4 Å². The summed E-state index contributed by atoms with van der Waals surface area (Å²) in [7, 11) is -4.19. The number of hydrogen-bond donors (Lipinski definition) is 1. The molecule has 2 amide bonds. The smallest absolute Gasteiger partial charge is 0.264 e. The van der Waals surface area contributed by atoms with Gasteiger partial charge in [-0.25, -0.2) is 8.42 Å². The van der Waals surface area contributed by atoms with Crippen LogP contribution < -0.4 is 14.4 Å². The maximum atomic E-state index is 14.0. The number of carbonyl (C=O) groups is 2. The van der Waals surface area contributed by atoms with Crippen LogP contribution in [0.25, 0.3) is 0 Å². The number of ether oxygens (including phenoxy) is 1. The SMILES string of the molecule is CCOc1ccc(N(CC(=O)N(Cc2ccc(Br)cc2)C(C)C(=O)NC(C)CC)S(=O)(=O)c2ccc(Cl)cc2)cc1. The fourth-order valence-electron chi connectivity index (χ4n) is 3.97. The average Bonchev–Trinajstić information content (AvgIpc) is 2.95. The molecule has 0 spiro atoms. The predicted molar refractivity (Wildman–Crippen MR) is 166 cm³/mol. The van der Waals surface area contributed by atoms with E-state index >= 15 is 0 Å². The summed E-state index contributed by atoms with van der Waals surface area (Å²) >= 11 is 9.42. The van der Waals surface area contributed by atoms with E-state index in [0.29, 0.717) is 17.4 Å². The van der Waals surface area contributed by atoms with Gasteiger partial charge in [-0.3, -0.25) is 13.9 Å². The molecule has 8 nitrogen and oxygen atoms in total. The fourth-order valence-corrected chi connectivity index (χ4v) is 5.78. The zero-order chi connectivity index (χ0) is 30.2. The highest BCUT2D eigenvalue weighted by Gasteiger charge is 2.32. The van der Waals surface area contributed by atoms with E-state index in [1.807, 2.05) is 45.0 Å². The van der Waals surface area contributed by atoms with Crippen LogP contribution in [-0.4, -0.2) is 50.4 Å². The van der Waals surface area contributed by atoms with Gasteiger partial charge < -0.3 is 15.0 Å². The van der Waals surface area contributed by atoms with Crippen LogP contribution in [0.1, 0.15) is 39.7 Å². The monoisotopic (exact) mass is 663 g/mol. The molecular formula is C30H35BrClN3O5S. The Balaban J connectivity index is 2.02. The molecule has 3 aromatic carbocycles. The van der Waals surface area contributed by atoms with Crippen molar-refractivity contribution in [2.24, 2.45) is 0 Å². The van der Waals surface area contributed by atoms with Gasteiger partial charge >= 0.3 is 0 Å². The Bertz CT molecular complexity index is 1420. The van der Waals surface area contributed by atoms with Crippen LogP contribution in [0.4, 0.5) is 5.69 Å². The Hall–Kier alpha value is -3.08. The lowest BCUT2D eigenvalue weighted by molar-refractivity contribution is -0.139. The molecule has 0 aliphatic carbocycles. The predicted octanol–water partition coefficient (Wildman–Crippen LogP) is 6.03.